The molecule has 11 nitrogen and oxygen atoms in total. The summed E-state index contributed by atoms with van der Waals surface area (Å²) < 4.78 is 34.3. The molecular weight excluding hydrogens is 553 g/mol. The van der Waals surface area contributed by atoms with Gasteiger partial charge in [0.05, 0.1) is 24.6 Å². The van der Waals surface area contributed by atoms with Gasteiger partial charge >= 0.3 is 6.09 Å². The van der Waals surface area contributed by atoms with Crippen molar-refractivity contribution in [2.45, 2.75) is 95.7 Å². The predicted octanol–water partition coefficient (Wildman–Crippen LogP) is 5.62. The van der Waals surface area contributed by atoms with E-state index in [0.717, 1.165) is 44.9 Å². The van der Waals surface area contributed by atoms with Gasteiger partial charge in [-0.1, -0.05) is 0 Å². The smallest absolute Gasteiger partial charge is 0.410 e. The Kier molecular flexibility index (Phi) is 7.97. The lowest BCUT2D eigenvalue weighted by atomic mass is 9.96. The largest absolute Gasteiger partial charge is 0.480 e. The molecule has 230 valence electrons. The minimum atomic E-state index is -0.517. The van der Waals surface area contributed by atoms with Crippen molar-refractivity contribution >= 4 is 11.9 Å². The Morgan fingerprint density at radius 1 is 1.09 bits per heavy atom. The Labute approximate surface area is 251 Å². The van der Waals surface area contributed by atoms with Gasteiger partial charge in [0, 0.05) is 49.6 Å². The summed E-state index contributed by atoms with van der Waals surface area (Å²) in [5.74, 6) is 0.371. The van der Waals surface area contributed by atoms with E-state index in [2.05, 4.69) is 25.2 Å². The van der Waals surface area contributed by atoms with Crippen LogP contribution in [0.5, 0.6) is 5.88 Å². The number of halogens is 1. The van der Waals surface area contributed by atoms with Crippen molar-refractivity contribution in [3.63, 3.8) is 0 Å². The molecule has 0 aromatic carbocycles. The van der Waals surface area contributed by atoms with Crippen LogP contribution in [-0.4, -0.2) is 80.4 Å². The van der Waals surface area contributed by atoms with Gasteiger partial charge in [-0.15, -0.1) is 10.2 Å². The van der Waals surface area contributed by atoms with Crippen molar-refractivity contribution in [3.05, 3.63) is 36.4 Å². The summed E-state index contributed by atoms with van der Waals surface area (Å²) >= 11 is 0. The zero-order valence-electron chi connectivity index (χ0n) is 25.5. The maximum absolute atomic E-state index is 15.5. The SMILES string of the molecule is COc1nc(-c2ccc(N(C)C3CC4CC[C@H](C3)N4C(=O)OC(C)(C)C)nn2)cc(F)c1-c1cnn(C2CCCCO2)c1. The third kappa shape index (κ3) is 6.02. The highest BCUT2D eigenvalue weighted by molar-refractivity contribution is 5.71. The highest BCUT2D eigenvalue weighted by atomic mass is 19.1. The van der Waals surface area contributed by atoms with Crippen LogP contribution in [0.4, 0.5) is 15.0 Å². The van der Waals surface area contributed by atoms with E-state index in [1.807, 2.05) is 38.8 Å². The molecule has 3 aromatic heterocycles. The minimum Gasteiger partial charge on any atom is -0.480 e. The molecule has 3 aromatic rings. The normalized spacial score (nSPS) is 23.7. The van der Waals surface area contributed by atoms with Gasteiger partial charge in [-0.25, -0.2) is 18.9 Å². The lowest BCUT2D eigenvalue weighted by Crippen LogP contribution is -2.53. The summed E-state index contributed by atoms with van der Waals surface area (Å²) in [6, 6.07) is 5.53. The molecular formula is C31H40FN7O4. The number of fused-ring (bicyclic) bond motifs is 2. The fourth-order valence-electron chi connectivity index (χ4n) is 6.50. The molecule has 0 N–H and O–H groups in total. The molecule has 0 saturated carbocycles. The number of hydrogen-bond acceptors (Lipinski definition) is 9. The Morgan fingerprint density at radius 3 is 2.49 bits per heavy atom. The van der Waals surface area contributed by atoms with Gasteiger partial charge in [-0.3, -0.25) is 0 Å². The first-order valence-electron chi connectivity index (χ1n) is 15.1. The number of rotatable bonds is 6. The maximum atomic E-state index is 15.5. The van der Waals surface area contributed by atoms with Gasteiger partial charge in [0.25, 0.3) is 0 Å². The van der Waals surface area contributed by atoms with Gasteiger partial charge in [0.15, 0.2) is 5.82 Å². The summed E-state index contributed by atoms with van der Waals surface area (Å²) in [6.45, 7) is 6.38. The molecule has 6 rings (SSSR count). The van der Waals surface area contributed by atoms with Crippen LogP contribution in [0.25, 0.3) is 22.5 Å². The molecule has 1 amide bonds. The number of carbonyl (C=O) groups is 1. The summed E-state index contributed by atoms with van der Waals surface area (Å²) in [5, 5.41) is 13.3. The zero-order valence-corrected chi connectivity index (χ0v) is 25.5. The summed E-state index contributed by atoms with van der Waals surface area (Å²) in [4.78, 5) is 21.5. The molecule has 3 saturated heterocycles. The molecule has 2 bridgehead atoms. The number of hydrogen-bond donors (Lipinski definition) is 0. The monoisotopic (exact) mass is 593 g/mol. The molecule has 12 heteroatoms. The number of pyridine rings is 1. The highest BCUT2D eigenvalue weighted by Crippen LogP contribution is 2.39. The van der Waals surface area contributed by atoms with Crippen LogP contribution in [0, 0.1) is 5.82 Å². The van der Waals surface area contributed by atoms with Gasteiger partial charge in [-0.2, -0.15) is 5.10 Å². The number of piperidine rings is 1. The van der Waals surface area contributed by atoms with E-state index >= 15 is 4.39 Å². The summed E-state index contributed by atoms with van der Waals surface area (Å²) in [7, 11) is 3.47. The molecule has 43 heavy (non-hydrogen) atoms. The van der Waals surface area contributed by atoms with E-state index in [9.17, 15) is 4.79 Å². The van der Waals surface area contributed by atoms with Gasteiger partial charge in [0.1, 0.15) is 23.3 Å². The van der Waals surface area contributed by atoms with Gasteiger partial charge in [0.2, 0.25) is 5.88 Å². The first-order chi connectivity index (χ1) is 20.6. The van der Waals surface area contributed by atoms with Crippen molar-refractivity contribution in [1.29, 1.82) is 0 Å². The van der Waals surface area contributed by atoms with E-state index in [1.54, 1.807) is 23.1 Å². The second-order valence-electron chi connectivity index (χ2n) is 12.7. The van der Waals surface area contributed by atoms with Crippen LogP contribution in [-0.2, 0) is 9.47 Å². The average Bonchev–Trinajstić information content (AvgIpc) is 3.58. The van der Waals surface area contributed by atoms with Crippen LogP contribution < -0.4 is 9.64 Å². The van der Waals surface area contributed by atoms with Crippen LogP contribution in [0.2, 0.25) is 0 Å². The number of aromatic nitrogens is 5. The number of ether oxygens (including phenoxy) is 3. The van der Waals surface area contributed by atoms with Gasteiger partial charge < -0.3 is 24.0 Å². The molecule has 4 atom stereocenters. The molecule has 3 unspecified atom stereocenters. The van der Waals surface area contributed by atoms with Crippen molar-refractivity contribution in [2.75, 3.05) is 25.7 Å². The molecule has 0 spiro atoms. The Hall–Kier alpha value is -3.80. The van der Waals surface area contributed by atoms with Crippen LogP contribution in [0.1, 0.15) is 71.9 Å². The number of nitrogens with zero attached hydrogens (tertiary/aromatic N) is 7. The molecule has 6 heterocycles. The Bertz CT molecular complexity index is 1440. The highest BCUT2D eigenvalue weighted by Gasteiger charge is 2.46. The van der Waals surface area contributed by atoms with Crippen LogP contribution in [0.15, 0.2) is 30.6 Å². The molecule has 3 aliphatic heterocycles. The Balaban J connectivity index is 1.16. The standard InChI is InChI=1S/C31H40FN7O4/c1-31(2,3)43-30(40)39-20-9-10-21(39)15-22(14-20)37(4)26-12-11-24(35-36-26)25-16-23(32)28(29(34-25)41-5)19-17-33-38(18-19)27-8-6-7-13-42-27/h11-12,16-18,20-22,27H,6-10,13-15H2,1-5H3/t20-,21?,22?,27?/m1/s1. The van der Waals surface area contributed by atoms with Gasteiger partial charge in [-0.05, 0) is 77.8 Å². The lowest BCUT2D eigenvalue weighted by molar-refractivity contribution is -0.0394. The maximum Gasteiger partial charge on any atom is 0.410 e. The molecule has 3 fully saturated rings. The third-order valence-corrected chi connectivity index (χ3v) is 8.61. The second kappa shape index (κ2) is 11.7. The lowest BCUT2D eigenvalue weighted by Gasteiger charge is -2.42. The van der Waals surface area contributed by atoms with E-state index in [4.69, 9.17) is 14.2 Å². The van der Waals surface area contributed by atoms with Crippen molar-refractivity contribution in [3.8, 4) is 28.4 Å². The molecule has 3 aliphatic rings. The van der Waals surface area contributed by atoms with E-state index in [0.29, 0.717) is 29.4 Å². The number of carbonyl (C=O) groups excluding carboxylic acids is 1. The topological polar surface area (TPSA) is 108 Å². The second-order valence-corrected chi connectivity index (χ2v) is 12.7. The van der Waals surface area contributed by atoms with Crippen molar-refractivity contribution in [1.82, 2.24) is 29.9 Å². The molecule has 0 aliphatic carbocycles. The van der Waals surface area contributed by atoms with E-state index < -0.39 is 11.4 Å². The summed E-state index contributed by atoms with van der Waals surface area (Å²) in [5.41, 5.74) is 1.05. The van der Waals surface area contributed by atoms with Crippen molar-refractivity contribution in [2.24, 2.45) is 0 Å². The third-order valence-electron chi connectivity index (χ3n) is 8.61. The fourth-order valence-corrected chi connectivity index (χ4v) is 6.50. The first kappa shape index (κ1) is 29.3. The molecule has 0 radical (unpaired) electrons. The zero-order chi connectivity index (χ0) is 30.3. The van der Waals surface area contributed by atoms with Crippen molar-refractivity contribution < 1.29 is 23.4 Å². The number of anilines is 1. The first-order valence-corrected chi connectivity index (χ1v) is 15.1. The minimum absolute atomic E-state index is 0.147. The number of methoxy groups -OCH3 is 1. The van der Waals surface area contributed by atoms with Crippen LogP contribution >= 0.6 is 0 Å². The number of amides is 1. The van der Waals surface area contributed by atoms with E-state index in [-0.39, 0.29) is 41.9 Å². The fraction of sp³-hybridized carbons (Fsp3) is 0.581. The average molecular weight is 594 g/mol. The van der Waals surface area contributed by atoms with E-state index in [1.165, 1.54) is 13.2 Å². The summed E-state index contributed by atoms with van der Waals surface area (Å²) in [6.07, 6.45) is 9.60. The quantitative estimate of drug-likeness (QED) is 0.360. The predicted molar refractivity (Wildman–Crippen MR) is 158 cm³/mol. The van der Waals surface area contributed by atoms with Crippen LogP contribution in [0.3, 0.4) is 0 Å². The Morgan fingerprint density at radius 2 is 1.86 bits per heavy atom.